The predicted octanol–water partition coefficient (Wildman–Crippen LogP) is 2.01. The third kappa shape index (κ3) is 4.82. The fraction of sp³-hybridized carbons (Fsp3) is 0.118. The lowest BCUT2D eigenvalue weighted by Gasteiger charge is -2.06. The topological polar surface area (TPSA) is 83.7 Å². The highest BCUT2D eigenvalue weighted by Gasteiger charge is 2.01. The van der Waals surface area contributed by atoms with Gasteiger partial charge in [-0.25, -0.2) is 0 Å². The molecule has 0 saturated heterocycles. The van der Waals surface area contributed by atoms with E-state index >= 15 is 0 Å². The molecule has 0 fully saturated rings. The van der Waals surface area contributed by atoms with Gasteiger partial charge in [0.25, 0.3) is 0 Å². The number of nitrogens with zero attached hydrogens (tertiary/aromatic N) is 2. The largest absolute Gasteiger partial charge is 0.480 e. The van der Waals surface area contributed by atoms with Crippen LogP contribution in [0, 0.1) is 0 Å². The molecular formula is C17H16ClN3O3. The molecule has 1 aromatic carbocycles. The van der Waals surface area contributed by atoms with Gasteiger partial charge >= 0.3 is 5.97 Å². The smallest absolute Gasteiger partial charge is 0.322 e. The number of nitrogens with one attached hydrogen (secondary N) is 1. The summed E-state index contributed by atoms with van der Waals surface area (Å²) in [7, 11) is 1.65. The molecule has 0 aliphatic carbocycles. The monoisotopic (exact) mass is 345 g/mol. The van der Waals surface area contributed by atoms with Crippen LogP contribution >= 0.6 is 11.6 Å². The van der Waals surface area contributed by atoms with Crippen LogP contribution in [0.4, 0.5) is 0 Å². The number of hydrogen-bond acceptors (Lipinski definition) is 3. The summed E-state index contributed by atoms with van der Waals surface area (Å²) in [6, 6.07) is 11.2. The molecule has 0 spiro atoms. The molecule has 0 aliphatic heterocycles. The Morgan fingerprint density at radius 1 is 1.25 bits per heavy atom. The number of carbonyl (C=O) groups is 2. The van der Waals surface area contributed by atoms with Crippen molar-refractivity contribution in [3.05, 3.63) is 59.2 Å². The minimum absolute atomic E-state index is 0.422. The molecule has 2 N–H and O–H groups in total. The number of amides is 1. The standard InChI is InChI=1S/C17H16ClN3O3/c1-19-15-10-13(12-2-4-14(18)5-3-12)6-8-21(15)9-7-16(22)20-11-17(23)24/h2-10H,11H2,1H3,(H,20,22)(H,23,24)/b9-7+,19-15?. The second-order valence-corrected chi connectivity index (χ2v) is 5.28. The van der Waals surface area contributed by atoms with Crippen LogP contribution in [0.25, 0.3) is 17.3 Å². The van der Waals surface area contributed by atoms with Gasteiger partial charge in [0.1, 0.15) is 12.0 Å². The summed E-state index contributed by atoms with van der Waals surface area (Å²) in [6.45, 7) is -0.422. The Bertz CT molecular complexity index is 839. The SMILES string of the molecule is CN=c1cc(-c2ccc(Cl)cc2)ccn1/C=C/C(=O)NCC(=O)O. The van der Waals surface area contributed by atoms with Crippen molar-refractivity contribution in [2.24, 2.45) is 4.99 Å². The van der Waals surface area contributed by atoms with Crippen molar-refractivity contribution in [3.63, 3.8) is 0 Å². The van der Waals surface area contributed by atoms with Crippen LogP contribution in [0.15, 0.2) is 53.7 Å². The van der Waals surface area contributed by atoms with E-state index in [0.717, 1.165) is 11.1 Å². The number of aliphatic carboxylic acids is 1. The Morgan fingerprint density at radius 3 is 2.58 bits per heavy atom. The minimum atomic E-state index is -1.10. The quantitative estimate of drug-likeness (QED) is 0.813. The third-order valence-electron chi connectivity index (χ3n) is 3.17. The second kappa shape index (κ2) is 8.12. The van der Waals surface area contributed by atoms with Crippen LogP contribution in [0.2, 0.25) is 5.02 Å². The summed E-state index contributed by atoms with van der Waals surface area (Å²) in [5.41, 5.74) is 2.61. The number of hydrogen-bond donors (Lipinski definition) is 2. The molecule has 124 valence electrons. The molecule has 0 radical (unpaired) electrons. The molecular weight excluding hydrogens is 330 g/mol. The molecule has 24 heavy (non-hydrogen) atoms. The number of benzene rings is 1. The Morgan fingerprint density at radius 2 is 1.96 bits per heavy atom. The molecule has 2 rings (SSSR count). The van der Waals surface area contributed by atoms with Gasteiger partial charge in [0, 0.05) is 30.5 Å². The summed E-state index contributed by atoms with van der Waals surface area (Å²) >= 11 is 5.89. The Labute approximate surface area is 143 Å². The van der Waals surface area contributed by atoms with Crippen molar-refractivity contribution < 1.29 is 14.7 Å². The molecule has 2 aromatic rings. The van der Waals surface area contributed by atoms with Gasteiger partial charge in [-0.1, -0.05) is 23.7 Å². The molecule has 7 heteroatoms. The molecule has 0 atom stereocenters. The van der Waals surface area contributed by atoms with Crippen molar-refractivity contribution in [3.8, 4) is 11.1 Å². The normalized spacial score (nSPS) is 11.7. The van der Waals surface area contributed by atoms with Gasteiger partial charge in [0.05, 0.1) is 0 Å². The zero-order chi connectivity index (χ0) is 17.5. The van der Waals surface area contributed by atoms with Crippen molar-refractivity contribution in [2.75, 3.05) is 13.6 Å². The molecule has 0 unspecified atom stereocenters. The summed E-state index contributed by atoms with van der Waals surface area (Å²) in [4.78, 5) is 26.1. The number of carboxylic acid groups (broad SMARTS) is 1. The first kappa shape index (κ1) is 17.5. The molecule has 0 saturated carbocycles. The van der Waals surface area contributed by atoms with Crippen molar-refractivity contribution in [1.29, 1.82) is 0 Å². The highest BCUT2D eigenvalue weighted by molar-refractivity contribution is 6.30. The highest BCUT2D eigenvalue weighted by atomic mass is 35.5. The Hall–Kier alpha value is -2.86. The summed E-state index contributed by atoms with van der Waals surface area (Å²) in [6.07, 6.45) is 4.54. The van der Waals surface area contributed by atoms with Crippen molar-refractivity contribution in [2.45, 2.75) is 0 Å². The summed E-state index contributed by atoms with van der Waals surface area (Å²) in [5.74, 6) is -1.59. The maximum atomic E-state index is 11.5. The van der Waals surface area contributed by atoms with E-state index in [9.17, 15) is 9.59 Å². The van der Waals surface area contributed by atoms with Gasteiger partial charge in [0.2, 0.25) is 5.91 Å². The number of pyridine rings is 1. The molecule has 1 heterocycles. The molecule has 0 aliphatic rings. The molecule has 1 amide bonds. The fourth-order valence-corrected chi connectivity index (χ4v) is 2.12. The van der Waals surface area contributed by atoms with E-state index in [-0.39, 0.29) is 0 Å². The maximum Gasteiger partial charge on any atom is 0.322 e. The van der Waals surface area contributed by atoms with E-state index in [1.165, 1.54) is 12.3 Å². The number of carbonyl (C=O) groups excluding carboxylic acids is 1. The van der Waals surface area contributed by atoms with E-state index in [0.29, 0.717) is 10.5 Å². The summed E-state index contributed by atoms with van der Waals surface area (Å²) < 4.78 is 1.67. The van der Waals surface area contributed by atoms with E-state index < -0.39 is 18.4 Å². The molecule has 6 nitrogen and oxygen atoms in total. The molecule has 0 bridgehead atoms. The fourth-order valence-electron chi connectivity index (χ4n) is 2.00. The lowest BCUT2D eigenvalue weighted by atomic mass is 10.1. The first-order valence-corrected chi connectivity index (χ1v) is 7.46. The van der Waals surface area contributed by atoms with Crippen molar-refractivity contribution >= 4 is 29.7 Å². The lowest BCUT2D eigenvalue weighted by molar-refractivity contribution is -0.137. The van der Waals surface area contributed by atoms with Gasteiger partial charge < -0.3 is 15.0 Å². The summed E-state index contributed by atoms with van der Waals surface area (Å²) in [5, 5.41) is 11.4. The van der Waals surface area contributed by atoms with E-state index in [1.54, 1.807) is 17.8 Å². The van der Waals surface area contributed by atoms with Crippen LogP contribution in [0.3, 0.4) is 0 Å². The number of carboxylic acids is 1. The number of aromatic nitrogens is 1. The second-order valence-electron chi connectivity index (χ2n) is 4.84. The first-order valence-electron chi connectivity index (χ1n) is 7.08. The Kier molecular flexibility index (Phi) is 5.92. The van der Waals surface area contributed by atoms with E-state index in [4.69, 9.17) is 16.7 Å². The predicted molar refractivity (Wildman–Crippen MR) is 92.3 cm³/mol. The molecule has 1 aromatic heterocycles. The minimum Gasteiger partial charge on any atom is -0.480 e. The first-order chi connectivity index (χ1) is 11.5. The van der Waals surface area contributed by atoms with E-state index in [2.05, 4.69) is 10.3 Å². The average Bonchev–Trinajstić information content (AvgIpc) is 2.58. The van der Waals surface area contributed by atoms with Crippen LogP contribution in [-0.4, -0.2) is 35.1 Å². The zero-order valence-electron chi connectivity index (χ0n) is 12.9. The number of rotatable bonds is 5. The average molecular weight is 346 g/mol. The van der Waals surface area contributed by atoms with Crippen LogP contribution in [-0.2, 0) is 9.59 Å². The lowest BCUT2D eigenvalue weighted by Crippen LogP contribution is -2.27. The van der Waals surface area contributed by atoms with Crippen LogP contribution in [0.1, 0.15) is 0 Å². The maximum absolute atomic E-state index is 11.5. The van der Waals surface area contributed by atoms with Crippen LogP contribution < -0.4 is 10.8 Å². The van der Waals surface area contributed by atoms with Gasteiger partial charge in [-0.15, -0.1) is 0 Å². The highest BCUT2D eigenvalue weighted by Crippen LogP contribution is 2.19. The van der Waals surface area contributed by atoms with Gasteiger partial charge in [-0.05, 0) is 35.4 Å². The van der Waals surface area contributed by atoms with Crippen molar-refractivity contribution in [1.82, 2.24) is 9.88 Å². The third-order valence-corrected chi connectivity index (χ3v) is 3.42. The van der Waals surface area contributed by atoms with Gasteiger partial charge in [0.15, 0.2) is 0 Å². The Balaban J connectivity index is 2.22. The van der Waals surface area contributed by atoms with Gasteiger partial charge in [-0.3, -0.25) is 14.6 Å². The van der Waals surface area contributed by atoms with Gasteiger partial charge in [-0.2, -0.15) is 0 Å². The zero-order valence-corrected chi connectivity index (χ0v) is 13.7. The number of halogens is 1. The van der Waals surface area contributed by atoms with E-state index in [1.807, 2.05) is 36.4 Å². The van der Waals surface area contributed by atoms with Crippen LogP contribution in [0.5, 0.6) is 0 Å².